The van der Waals surface area contributed by atoms with Gasteiger partial charge < -0.3 is 14.2 Å². The van der Waals surface area contributed by atoms with E-state index in [9.17, 15) is 19.2 Å². The highest BCUT2D eigenvalue weighted by atomic mass is 16.6. The van der Waals surface area contributed by atoms with Crippen molar-refractivity contribution < 1.29 is 33.4 Å². The second-order valence-corrected chi connectivity index (χ2v) is 6.16. The lowest BCUT2D eigenvalue weighted by atomic mass is 9.92. The van der Waals surface area contributed by atoms with E-state index in [4.69, 9.17) is 14.2 Å². The molecule has 0 spiro atoms. The number of allylic oxidation sites excluding steroid dienone is 2. The number of nitrogens with zero attached hydrogens (tertiary/aromatic N) is 1. The molecule has 0 bridgehead atoms. The predicted octanol–water partition coefficient (Wildman–Crippen LogP) is 1.72. The molecule has 8 heteroatoms. The third-order valence-electron chi connectivity index (χ3n) is 3.83. The molecule has 1 rings (SSSR count). The van der Waals surface area contributed by atoms with Crippen LogP contribution in [-0.4, -0.2) is 53.7 Å². The van der Waals surface area contributed by atoms with Crippen molar-refractivity contribution in [2.45, 2.75) is 65.6 Å². The predicted molar refractivity (Wildman–Crippen MR) is 91.7 cm³/mol. The summed E-state index contributed by atoms with van der Waals surface area (Å²) in [7, 11) is 0. The van der Waals surface area contributed by atoms with Gasteiger partial charge in [-0.05, 0) is 40.5 Å². The fourth-order valence-electron chi connectivity index (χ4n) is 2.79. The first-order chi connectivity index (χ1) is 12.2. The van der Waals surface area contributed by atoms with E-state index in [0.29, 0.717) is 12.8 Å². The highest BCUT2D eigenvalue weighted by Crippen LogP contribution is 2.35. The van der Waals surface area contributed by atoms with Crippen molar-refractivity contribution in [1.29, 1.82) is 0 Å². The second-order valence-electron chi connectivity index (χ2n) is 6.16. The van der Waals surface area contributed by atoms with Gasteiger partial charge in [0.2, 0.25) is 5.91 Å². The van der Waals surface area contributed by atoms with Crippen LogP contribution in [0.5, 0.6) is 0 Å². The average molecular weight is 369 g/mol. The highest BCUT2D eigenvalue weighted by Gasteiger charge is 2.64. The lowest BCUT2D eigenvalue weighted by Crippen LogP contribution is -2.73. The average Bonchev–Trinajstić information content (AvgIpc) is 2.52. The van der Waals surface area contributed by atoms with Crippen molar-refractivity contribution in [2.75, 3.05) is 13.2 Å². The maximum Gasteiger partial charge on any atom is 0.385 e. The molecule has 0 saturated carbocycles. The van der Waals surface area contributed by atoms with Crippen LogP contribution in [-0.2, 0) is 33.4 Å². The molecule has 0 aromatic carbocycles. The van der Waals surface area contributed by atoms with Crippen LogP contribution in [0.25, 0.3) is 0 Å². The van der Waals surface area contributed by atoms with Crippen LogP contribution in [0.4, 0.5) is 0 Å². The third kappa shape index (κ3) is 4.62. The number of ether oxygens (including phenoxy) is 3. The molecule has 0 aliphatic carbocycles. The number of rotatable bonds is 9. The maximum absolute atomic E-state index is 12.6. The molecule has 1 aliphatic heterocycles. The summed E-state index contributed by atoms with van der Waals surface area (Å²) in [5.74, 6) is -3.63. The van der Waals surface area contributed by atoms with Gasteiger partial charge in [-0.3, -0.25) is 14.5 Å². The SMILES string of the molecule is CCOC(=O)C(OC(C)=O)(C(=O)OCC)N1C(=O)CC1CCC=C(C)C. The van der Waals surface area contributed by atoms with Gasteiger partial charge in [0.15, 0.2) is 0 Å². The smallest absolute Gasteiger partial charge is 0.385 e. The largest absolute Gasteiger partial charge is 0.461 e. The fourth-order valence-corrected chi connectivity index (χ4v) is 2.79. The van der Waals surface area contributed by atoms with Gasteiger partial charge in [0.05, 0.1) is 13.2 Å². The molecular formula is C18H27NO7. The van der Waals surface area contributed by atoms with Gasteiger partial charge in [-0.1, -0.05) is 11.6 Å². The van der Waals surface area contributed by atoms with E-state index in [0.717, 1.165) is 17.4 Å². The highest BCUT2D eigenvalue weighted by molar-refractivity contribution is 6.08. The summed E-state index contributed by atoms with van der Waals surface area (Å²) in [6.45, 7) is 7.94. The number of likely N-dealkylation sites (tertiary alicyclic amines) is 1. The number of β-lactam (4-membered cyclic amide) rings is 1. The quantitative estimate of drug-likeness (QED) is 0.201. The van der Waals surface area contributed by atoms with Crippen LogP contribution < -0.4 is 0 Å². The number of hydrogen-bond acceptors (Lipinski definition) is 7. The summed E-state index contributed by atoms with van der Waals surface area (Å²) >= 11 is 0. The van der Waals surface area contributed by atoms with E-state index in [1.165, 1.54) is 0 Å². The number of hydrogen-bond donors (Lipinski definition) is 0. The first-order valence-corrected chi connectivity index (χ1v) is 8.70. The summed E-state index contributed by atoms with van der Waals surface area (Å²) in [6, 6.07) is -0.439. The monoisotopic (exact) mass is 369 g/mol. The van der Waals surface area contributed by atoms with E-state index in [-0.39, 0.29) is 19.6 Å². The van der Waals surface area contributed by atoms with E-state index in [1.54, 1.807) is 13.8 Å². The molecule has 0 aromatic heterocycles. The normalized spacial score (nSPS) is 16.4. The number of esters is 3. The van der Waals surface area contributed by atoms with Crippen molar-refractivity contribution in [3.63, 3.8) is 0 Å². The molecule has 1 heterocycles. The minimum absolute atomic E-state index is 0.0499. The summed E-state index contributed by atoms with van der Waals surface area (Å²) in [4.78, 5) is 50.2. The van der Waals surface area contributed by atoms with E-state index >= 15 is 0 Å². The van der Waals surface area contributed by atoms with Gasteiger partial charge in [0.1, 0.15) is 0 Å². The zero-order chi connectivity index (χ0) is 19.9. The van der Waals surface area contributed by atoms with Crippen molar-refractivity contribution in [3.8, 4) is 0 Å². The van der Waals surface area contributed by atoms with Gasteiger partial charge in [0.25, 0.3) is 0 Å². The summed E-state index contributed by atoms with van der Waals surface area (Å²) < 4.78 is 15.0. The molecule has 1 saturated heterocycles. The topological polar surface area (TPSA) is 99.2 Å². The summed E-state index contributed by atoms with van der Waals surface area (Å²) in [5.41, 5.74) is -1.42. The molecule has 26 heavy (non-hydrogen) atoms. The lowest BCUT2D eigenvalue weighted by molar-refractivity contribution is -0.231. The Morgan fingerprint density at radius 3 is 2.04 bits per heavy atom. The zero-order valence-electron chi connectivity index (χ0n) is 16.0. The van der Waals surface area contributed by atoms with Crippen molar-refractivity contribution in [1.82, 2.24) is 4.90 Å². The molecule has 146 valence electrons. The summed E-state index contributed by atoms with van der Waals surface area (Å²) in [5, 5.41) is 0. The minimum atomic E-state index is -2.54. The Morgan fingerprint density at radius 2 is 1.65 bits per heavy atom. The number of carbonyl (C=O) groups excluding carboxylic acids is 4. The standard InChI is InChI=1S/C18H27NO7/c1-6-24-16(22)18(26-13(5)20,17(23)25-7-2)19-14(11-15(19)21)10-8-9-12(3)4/h9,14H,6-8,10-11H2,1-5H3. The number of amides is 1. The fraction of sp³-hybridized carbons (Fsp3) is 0.667. The van der Waals surface area contributed by atoms with E-state index in [1.807, 2.05) is 19.9 Å². The Hall–Kier alpha value is -2.38. The zero-order valence-corrected chi connectivity index (χ0v) is 16.0. The Balaban J connectivity index is 3.28. The van der Waals surface area contributed by atoms with Crippen LogP contribution in [0.3, 0.4) is 0 Å². The molecule has 0 N–H and O–H groups in total. The Labute approximate surface area is 153 Å². The molecule has 0 radical (unpaired) electrons. The van der Waals surface area contributed by atoms with Gasteiger partial charge in [-0.25, -0.2) is 9.59 Å². The molecule has 1 aliphatic rings. The van der Waals surface area contributed by atoms with Gasteiger partial charge in [0, 0.05) is 19.4 Å². The summed E-state index contributed by atoms with van der Waals surface area (Å²) in [6.07, 6.45) is 3.30. The van der Waals surface area contributed by atoms with E-state index < -0.39 is 35.6 Å². The molecule has 1 atom stereocenters. The second kappa shape index (κ2) is 9.35. The van der Waals surface area contributed by atoms with Crippen molar-refractivity contribution in [3.05, 3.63) is 11.6 Å². The molecule has 1 amide bonds. The Bertz CT molecular complexity index is 574. The Morgan fingerprint density at radius 1 is 1.12 bits per heavy atom. The molecular weight excluding hydrogens is 342 g/mol. The number of carbonyl (C=O) groups is 4. The first-order valence-electron chi connectivity index (χ1n) is 8.70. The minimum Gasteiger partial charge on any atom is -0.461 e. The van der Waals surface area contributed by atoms with Crippen LogP contribution in [0.1, 0.15) is 53.9 Å². The van der Waals surface area contributed by atoms with Crippen LogP contribution in [0.2, 0.25) is 0 Å². The van der Waals surface area contributed by atoms with E-state index in [2.05, 4.69) is 0 Å². The Kier molecular flexibility index (Phi) is 7.79. The molecule has 8 nitrogen and oxygen atoms in total. The third-order valence-corrected chi connectivity index (χ3v) is 3.83. The van der Waals surface area contributed by atoms with Crippen LogP contribution in [0.15, 0.2) is 11.6 Å². The molecule has 0 aromatic rings. The van der Waals surface area contributed by atoms with Crippen LogP contribution in [0, 0.1) is 0 Å². The molecule has 1 unspecified atom stereocenters. The van der Waals surface area contributed by atoms with Gasteiger partial charge >= 0.3 is 23.6 Å². The maximum atomic E-state index is 12.6. The van der Waals surface area contributed by atoms with Gasteiger partial charge in [-0.2, -0.15) is 0 Å². The van der Waals surface area contributed by atoms with Gasteiger partial charge in [-0.15, -0.1) is 0 Å². The van der Waals surface area contributed by atoms with Crippen molar-refractivity contribution >= 4 is 23.8 Å². The lowest BCUT2D eigenvalue weighted by Gasteiger charge is -2.48. The van der Waals surface area contributed by atoms with Crippen molar-refractivity contribution in [2.24, 2.45) is 0 Å². The first kappa shape index (κ1) is 21.7. The molecule has 1 fully saturated rings. The van der Waals surface area contributed by atoms with Crippen LogP contribution >= 0.6 is 0 Å².